The van der Waals surface area contributed by atoms with Gasteiger partial charge in [-0.25, -0.2) is 13.1 Å². The molecule has 0 aromatic carbocycles. The number of hydrogen-bond acceptors (Lipinski definition) is 4. The Morgan fingerprint density at radius 3 is 2.56 bits per heavy atom. The highest BCUT2D eigenvalue weighted by Gasteiger charge is 2.27. The molecule has 0 spiro atoms. The van der Waals surface area contributed by atoms with Gasteiger partial charge in [-0.05, 0) is 51.1 Å². The molecule has 106 valence electrons. The quantitative estimate of drug-likeness (QED) is 0.633. The van der Waals surface area contributed by atoms with Crippen LogP contribution in [0.5, 0.6) is 0 Å². The van der Waals surface area contributed by atoms with E-state index in [0.717, 1.165) is 45.2 Å². The normalized spacial score (nSPS) is 22.2. The van der Waals surface area contributed by atoms with E-state index in [9.17, 15) is 8.42 Å². The Bertz CT molecular complexity index is 335. The van der Waals surface area contributed by atoms with Gasteiger partial charge in [0.2, 0.25) is 10.0 Å². The van der Waals surface area contributed by atoms with Gasteiger partial charge in [0.15, 0.2) is 0 Å². The zero-order valence-corrected chi connectivity index (χ0v) is 11.7. The summed E-state index contributed by atoms with van der Waals surface area (Å²) in [5.74, 6) is 0.718. The number of rotatable bonds is 8. The Labute approximate surface area is 110 Å². The molecule has 0 bridgehead atoms. The van der Waals surface area contributed by atoms with Crippen LogP contribution in [-0.2, 0) is 14.8 Å². The highest BCUT2D eigenvalue weighted by Crippen LogP contribution is 2.29. The molecule has 2 aliphatic rings. The zero-order chi connectivity index (χ0) is 12.8. The Morgan fingerprint density at radius 1 is 1.17 bits per heavy atom. The fourth-order valence-electron chi connectivity index (χ4n) is 2.17. The highest BCUT2D eigenvalue weighted by molar-refractivity contribution is 7.89. The molecule has 1 heterocycles. The molecule has 2 N–H and O–H groups in total. The van der Waals surface area contributed by atoms with Crippen molar-refractivity contribution in [3.63, 3.8) is 0 Å². The Hall–Kier alpha value is -0.170. The van der Waals surface area contributed by atoms with Crippen LogP contribution in [0, 0.1) is 5.92 Å². The van der Waals surface area contributed by atoms with E-state index in [1.165, 1.54) is 0 Å². The summed E-state index contributed by atoms with van der Waals surface area (Å²) >= 11 is 0. The third-order valence-electron chi connectivity index (χ3n) is 3.43. The second kappa shape index (κ2) is 6.84. The molecular weight excluding hydrogens is 252 g/mol. The highest BCUT2D eigenvalue weighted by atomic mass is 32.2. The van der Waals surface area contributed by atoms with Crippen molar-refractivity contribution < 1.29 is 13.2 Å². The van der Waals surface area contributed by atoms with Crippen LogP contribution in [0.3, 0.4) is 0 Å². The number of piperidine rings is 1. The molecule has 1 aliphatic carbocycles. The first-order valence-corrected chi connectivity index (χ1v) is 8.60. The molecule has 0 aromatic heterocycles. The number of nitrogens with one attached hydrogen (secondary N) is 2. The SMILES string of the molecule is O=S(=O)(CC1CC1)NCCCOC1CCNCC1. The van der Waals surface area contributed by atoms with Gasteiger partial charge in [-0.3, -0.25) is 0 Å². The van der Waals surface area contributed by atoms with Crippen molar-refractivity contribution in [3.05, 3.63) is 0 Å². The second-order valence-electron chi connectivity index (χ2n) is 5.29. The topological polar surface area (TPSA) is 67.4 Å². The minimum Gasteiger partial charge on any atom is -0.378 e. The average molecular weight is 276 g/mol. The summed E-state index contributed by atoms with van der Waals surface area (Å²) in [5, 5.41) is 3.29. The van der Waals surface area contributed by atoms with Gasteiger partial charge in [-0.1, -0.05) is 0 Å². The molecule has 0 atom stereocenters. The van der Waals surface area contributed by atoms with Crippen LogP contribution in [0.25, 0.3) is 0 Å². The monoisotopic (exact) mass is 276 g/mol. The Balaban J connectivity index is 1.49. The summed E-state index contributed by atoms with van der Waals surface area (Å²) in [7, 11) is -3.04. The lowest BCUT2D eigenvalue weighted by molar-refractivity contribution is 0.0322. The van der Waals surface area contributed by atoms with Crippen molar-refractivity contribution in [2.24, 2.45) is 5.92 Å². The third kappa shape index (κ3) is 5.65. The minimum atomic E-state index is -3.04. The average Bonchev–Trinajstić information content (AvgIpc) is 3.13. The molecule has 1 saturated heterocycles. The van der Waals surface area contributed by atoms with E-state index in [2.05, 4.69) is 10.0 Å². The summed E-state index contributed by atoms with van der Waals surface area (Å²) in [6, 6.07) is 0. The molecule has 2 fully saturated rings. The lowest BCUT2D eigenvalue weighted by Gasteiger charge is -2.22. The van der Waals surface area contributed by atoms with Gasteiger partial charge in [-0.15, -0.1) is 0 Å². The minimum absolute atomic E-state index is 0.308. The maximum absolute atomic E-state index is 11.6. The summed E-state index contributed by atoms with van der Waals surface area (Å²) in [6.07, 6.45) is 5.38. The standard InChI is InChI=1S/C12H24N2O3S/c15-18(16,10-11-2-3-11)14-6-1-9-17-12-4-7-13-8-5-12/h11-14H,1-10H2. The van der Waals surface area contributed by atoms with Gasteiger partial charge in [-0.2, -0.15) is 0 Å². The zero-order valence-electron chi connectivity index (χ0n) is 10.9. The summed E-state index contributed by atoms with van der Waals surface area (Å²) in [5.41, 5.74) is 0. The van der Waals surface area contributed by atoms with Crippen molar-refractivity contribution >= 4 is 10.0 Å². The summed E-state index contributed by atoms with van der Waals surface area (Å²) in [4.78, 5) is 0. The van der Waals surface area contributed by atoms with Gasteiger partial charge < -0.3 is 10.1 Å². The van der Waals surface area contributed by atoms with E-state index < -0.39 is 10.0 Å². The van der Waals surface area contributed by atoms with Gasteiger partial charge in [0.25, 0.3) is 0 Å². The molecule has 1 saturated carbocycles. The maximum Gasteiger partial charge on any atom is 0.211 e. The largest absolute Gasteiger partial charge is 0.378 e. The molecule has 0 radical (unpaired) electrons. The second-order valence-corrected chi connectivity index (χ2v) is 7.14. The van der Waals surface area contributed by atoms with Crippen molar-refractivity contribution in [1.29, 1.82) is 0 Å². The fraction of sp³-hybridized carbons (Fsp3) is 1.00. The molecule has 5 nitrogen and oxygen atoms in total. The lowest BCUT2D eigenvalue weighted by atomic mass is 10.1. The molecule has 6 heteroatoms. The van der Waals surface area contributed by atoms with E-state index in [4.69, 9.17) is 4.74 Å². The van der Waals surface area contributed by atoms with Crippen LogP contribution in [-0.4, -0.2) is 46.5 Å². The van der Waals surface area contributed by atoms with Gasteiger partial charge in [0.1, 0.15) is 0 Å². The maximum atomic E-state index is 11.6. The van der Waals surface area contributed by atoms with Crippen LogP contribution in [0.1, 0.15) is 32.1 Å². The molecule has 1 aliphatic heterocycles. The van der Waals surface area contributed by atoms with Crippen LogP contribution < -0.4 is 10.0 Å². The molecule has 18 heavy (non-hydrogen) atoms. The lowest BCUT2D eigenvalue weighted by Crippen LogP contribution is -2.33. The molecule has 0 unspecified atom stereocenters. The van der Waals surface area contributed by atoms with Gasteiger partial charge in [0, 0.05) is 13.2 Å². The van der Waals surface area contributed by atoms with Gasteiger partial charge in [0.05, 0.1) is 11.9 Å². The number of ether oxygens (including phenoxy) is 1. The van der Waals surface area contributed by atoms with E-state index in [1.54, 1.807) is 0 Å². The summed E-state index contributed by atoms with van der Waals surface area (Å²) < 4.78 is 31.5. The molecule has 0 amide bonds. The van der Waals surface area contributed by atoms with Crippen LogP contribution in [0.4, 0.5) is 0 Å². The predicted molar refractivity (Wildman–Crippen MR) is 71.0 cm³/mol. The smallest absolute Gasteiger partial charge is 0.211 e. The molecule has 0 aromatic rings. The Kier molecular flexibility index (Phi) is 5.41. The summed E-state index contributed by atoms with van der Waals surface area (Å²) in [6.45, 7) is 3.20. The van der Waals surface area contributed by atoms with Crippen molar-refractivity contribution in [2.45, 2.75) is 38.2 Å². The van der Waals surface area contributed by atoms with Crippen molar-refractivity contribution in [3.8, 4) is 0 Å². The number of sulfonamides is 1. The number of hydrogen-bond donors (Lipinski definition) is 2. The predicted octanol–water partition coefficient (Wildman–Crippen LogP) is 0.475. The molecule has 2 rings (SSSR count). The van der Waals surface area contributed by atoms with Gasteiger partial charge >= 0.3 is 0 Å². The van der Waals surface area contributed by atoms with E-state index in [-0.39, 0.29) is 0 Å². The first kappa shape index (κ1) is 14.2. The van der Waals surface area contributed by atoms with Crippen molar-refractivity contribution in [2.75, 3.05) is 32.0 Å². The van der Waals surface area contributed by atoms with E-state index in [1.807, 2.05) is 0 Å². The van der Waals surface area contributed by atoms with E-state index in [0.29, 0.717) is 30.9 Å². The fourth-order valence-corrected chi connectivity index (χ4v) is 3.69. The Morgan fingerprint density at radius 2 is 1.89 bits per heavy atom. The van der Waals surface area contributed by atoms with Crippen molar-refractivity contribution in [1.82, 2.24) is 10.0 Å². The first-order chi connectivity index (χ1) is 8.66. The third-order valence-corrected chi connectivity index (χ3v) is 4.99. The van der Waals surface area contributed by atoms with Crippen LogP contribution >= 0.6 is 0 Å². The van der Waals surface area contributed by atoms with Crippen LogP contribution in [0.2, 0.25) is 0 Å². The van der Waals surface area contributed by atoms with E-state index >= 15 is 0 Å². The first-order valence-electron chi connectivity index (χ1n) is 6.95. The van der Waals surface area contributed by atoms with Crippen LogP contribution in [0.15, 0.2) is 0 Å². The molecular formula is C12H24N2O3S.